The highest BCUT2D eigenvalue weighted by Gasteiger charge is 2.33. The molecular formula is C23H28F3N3O2. The van der Waals surface area contributed by atoms with Crippen LogP contribution in [0, 0.1) is 0 Å². The van der Waals surface area contributed by atoms with Gasteiger partial charge in [0.2, 0.25) is 0 Å². The summed E-state index contributed by atoms with van der Waals surface area (Å²) in [6, 6.07) is 11.1. The number of benzene rings is 2. The van der Waals surface area contributed by atoms with Crippen LogP contribution in [-0.2, 0) is 30.5 Å². The van der Waals surface area contributed by atoms with Gasteiger partial charge in [-0.2, -0.15) is 13.2 Å². The van der Waals surface area contributed by atoms with Crippen LogP contribution in [0.15, 0.2) is 42.5 Å². The number of hydrogen-bond donors (Lipinski definition) is 1. The summed E-state index contributed by atoms with van der Waals surface area (Å²) in [4.78, 5) is 16.3. The van der Waals surface area contributed by atoms with E-state index in [1.54, 1.807) is 6.07 Å². The molecule has 1 N–H and O–H groups in total. The predicted molar refractivity (Wildman–Crippen MR) is 113 cm³/mol. The fourth-order valence-electron chi connectivity index (χ4n) is 3.60. The lowest BCUT2D eigenvalue weighted by molar-refractivity contribution is -0.140. The molecule has 1 heterocycles. The van der Waals surface area contributed by atoms with Crippen molar-refractivity contribution in [3.05, 3.63) is 64.7 Å². The maximum absolute atomic E-state index is 13.4. The molecule has 8 heteroatoms. The third-order valence-electron chi connectivity index (χ3n) is 5.31. The Kier molecular flexibility index (Phi) is 7.56. The van der Waals surface area contributed by atoms with Gasteiger partial charge < -0.3 is 19.9 Å². The summed E-state index contributed by atoms with van der Waals surface area (Å²) < 4.78 is 46.0. The van der Waals surface area contributed by atoms with E-state index in [4.69, 9.17) is 4.74 Å². The van der Waals surface area contributed by atoms with Crippen molar-refractivity contribution >= 4 is 5.91 Å². The van der Waals surface area contributed by atoms with Crippen molar-refractivity contribution in [2.75, 3.05) is 40.3 Å². The number of nitrogens with zero attached hydrogens (tertiary/aromatic N) is 2. The molecule has 2 aromatic rings. The van der Waals surface area contributed by atoms with Crippen molar-refractivity contribution in [1.29, 1.82) is 0 Å². The number of carbonyl (C=O) groups is 1. The van der Waals surface area contributed by atoms with Gasteiger partial charge in [-0.1, -0.05) is 30.3 Å². The van der Waals surface area contributed by atoms with Gasteiger partial charge in [0.1, 0.15) is 5.75 Å². The van der Waals surface area contributed by atoms with Gasteiger partial charge in [0, 0.05) is 31.7 Å². The van der Waals surface area contributed by atoms with Gasteiger partial charge >= 0.3 is 6.18 Å². The average molecular weight is 435 g/mol. The first-order chi connectivity index (χ1) is 14.8. The van der Waals surface area contributed by atoms with Gasteiger partial charge in [0.05, 0.1) is 5.56 Å². The zero-order valence-corrected chi connectivity index (χ0v) is 17.8. The first kappa shape index (κ1) is 23.1. The molecule has 0 unspecified atom stereocenters. The number of hydrogen-bond acceptors (Lipinski definition) is 4. The molecule has 1 aliphatic heterocycles. The minimum absolute atomic E-state index is 0.0726. The quantitative estimate of drug-likeness (QED) is 0.691. The predicted octanol–water partition coefficient (Wildman–Crippen LogP) is 3.32. The highest BCUT2D eigenvalue weighted by atomic mass is 19.4. The molecule has 5 nitrogen and oxygen atoms in total. The van der Waals surface area contributed by atoms with Crippen LogP contribution in [0.4, 0.5) is 13.2 Å². The van der Waals surface area contributed by atoms with Gasteiger partial charge in [-0.05, 0) is 50.3 Å². The molecule has 0 atom stereocenters. The van der Waals surface area contributed by atoms with Crippen molar-refractivity contribution in [3.8, 4) is 5.75 Å². The Morgan fingerprint density at radius 2 is 1.87 bits per heavy atom. The second kappa shape index (κ2) is 10.2. The second-order valence-electron chi connectivity index (χ2n) is 7.88. The summed E-state index contributed by atoms with van der Waals surface area (Å²) in [5.74, 6) is 0.293. The van der Waals surface area contributed by atoms with Gasteiger partial charge in [0.15, 0.2) is 6.61 Å². The molecule has 2 aromatic carbocycles. The number of halogens is 3. The number of amides is 1. The Balaban J connectivity index is 1.74. The molecule has 1 amide bonds. The van der Waals surface area contributed by atoms with Crippen LogP contribution in [0.25, 0.3) is 0 Å². The fourth-order valence-corrected chi connectivity index (χ4v) is 3.60. The number of likely N-dealkylation sites (N-methyl/N-ethyl adjacent to an activating group) is 1. The average Bonchev–Trinajstić information content (AvgIpc) is 2.74. The van der Waals surface area contributed by atoms with Crippen LogP contribution in [0.5, 0.6) is 5.75 Å². The van der Waals surface area contributed by atoms with E-state index in [1.165, 1.54) is 22.6 Å². The molecule has 0 radical (unpaired) electrons. The molecule has 1 aliphatic rings. The third kappa shape index (κ3) is 6.21. The first-order valence-corrected chi connectivity index (χ1v) is 10.3. The largest absolute Gasteiger partial charge is 0.483 e. The monoisotopic (exact) mass is 435 g/mol. The molecular weight excluding hydrogens is 407 g/mol. The van der Waals surface area contributed by atoms with E-state index in [0.29, 0.717) is 25.4 Å². The number of alkyl halides is 3. The molecule has 0 bridgehead atoms. The van der Waals surface area contributed by atoms with E-state index in [0.717, 1.165) is 24.6 Å². The smallest absolute Gasteiger partial charge is 0.416 e. The summed E-state index contributed by atoms with van der Waals surface area (Å²) >= 11 is 0. The van der Waals surface area contributed by atoms with Crippen molar-refractivity contribution < 1.29 is 22.7 Å². The Labute approximate surface area is 180 Å². The standard InChI is InChI=1S/C23H28F3N3O2/c1-28(2)12-13-29(15-18-6-3-4-8-20(18)23(24,25)26)22(30)16-31-21-9-5-7-17-10-11-27-14-19(17)21/h3-9,27H,10-16H2,1-2H3. The molecule has 3 rings (SSSR count). The molecule has 31 heavy (non-hydrogen) atoms. The lowest BCUT2D eigenvalue weighted by Crippen LogP contribution is -2.39. The minimum Gasteiger partial charge on any atom is -0.483 e. The van der Waals surface area contributed by atoms with Crippen LogP contribution in [-0.4, -0.2) is 56.0 Å². The summed E-state index contributed by atoms with van der Waals surface area (Å²) in [6.07, 6.45) is -3.58. The Morgan fingerprint density at radius 3 is 2.61 bits per heavy atom. The Morgan fingerprint density at radius 1 is 1.10 bits per heavy atom. The highest BCUT2D eigenvalue weighted by molar-refractivity contribution is 5.78. The topological polar surface area (TPSA) is 44.8 Å². The SMILES string of the molecule is CN(C)CCN(Cc1ccccc1C(F)(F)F)C(=O)COc1cccc2c1CNCC2. The summed E-state index contributed by atoms with van der Waals surface area (Å²) in [7, 11) is 3.71. The van der Waals surface area contributed by atoms with Crippen LogP contribution < -0.4 is 10.1 Å². The Bertz CT molecular complexity index is 900. The Hall–Kier alpha value is -2.58. The van der Waals surface area contributed by atoms with E-state index < -0.39 is 11.7 Å². The lowest BCUT2D eigenvalue weighted by Gasteiger charge is -2.26. The second-order valence-corrected chi connectivity index (χ2v) is 7.88. The normalized spacial score (nSPS) is 13.7. The lowest BCUT2D eigenvalue weighted by atomic mass is 10.0. The van der Waals surface area contributed by atoms with Crippen molar-refractivity contribution in [2.24, 2.45) is 0 Å². The van der Waals surface area contributed by atoms with E-state index in [1.807, 2.05) is 37.2 Å². The van der Waals surface area contributed by atoms with Crippen molar-refractivity contribution in [3.63, 3.8) is 0 Å². The van der Waals surface area contributed by atoms with Gasteiger partial charge in [-0.25, -0.2) is 0 Å². The minimum atomic E-state index is -4.47. The number of rotatable bonds is 8. The summed E-state index contributed by atoms with van der Waals surface area (Å²) in [5.41, 5.74) is 1.57. The zero-order chi connectivity index (χ0) is 22.4. The van der Waals surface area contributed by atoms with E-state index in [2.05, 4.69) is 5.32 Å². The maximum Gasteiger partial charge on any atom is 0.416 e. The van der Waals surface area contributed by atoms with Gasteiger partial charge in [0.25, 0.3) is 5.91 Å². The maximum atomic E-state index is 13.4. The van der Waals surface area contributed by atoms with Gasteiger partial charge in [-0.3, -0.25) is 4.79 Å². The van der Waals surface area contributed by atoms with E-state index in [-0.39, 0.29) is 24.6 Å². The van der Waals surface area contributed by atoms with E-state index in [9.17, 15) is 18.0 Å². The van der Waals surface area contributed by atoms with Gasteiger partial charge in [-0.15, -0.1) is 0 Å². The fraction of sp³-hybridized carbons (Fsp3) is 0.435. The molecule has 0 aromatic heterocycles. The molecule has 168 valence electrons. The van der Waals surface area contributed by atoms with Crippen LogP contribution in [0.1, 0.15) is 22.3 Å². The molecule has 0 spiro atoms. The third-order valence-corrected chi connectivity index (χ3v) is 5.31. The van der Waals surface area contributed by atoms with Crippen molar-refractivity contribution in [1.82, 2.24) is 15.1 Å². The number of carbonyl (C=O) groups excluding carboxylic acids is 1. The summed E-state index contributed by atoms with van der Waals surface area (Å²) in [5, 5.41) is 3.29. The summed E-state index contributed by atoms with van der Waals surface area (Å²) in [6.45, 7) is 2.05. The first-order valence-electron chi connectivity index (χ1n) is 10.3. The van der Waals surface area contributed by atoms with Crippen LogP contribution in [0.3, 0.4) is 0 Å². The molecule has 0 saturated carbocycles. The number of fused-ring (bicyclic) bond motifs is 1. The van der Waals surface area contributed by atoms with Crippen molar-refractivity contribution in [2.45, 2.75) is 25.7 Å². The highest BCUT2D eigenvalue weighted by Crippen LogP contribution is 2.32. The van der Waals surface area contributed by atoms with Crippen LogP contribution >= 0.6 is 0 Å². The zero-order valence-electron chi connectivity index (χ0n) is 17.8. The number of ether oxygens (including phenoxy) is 1. The number of nitrogens with one attached hydrogen (secondary N) is 1. The molecule has 0 fully saturated rings. The molecule has 0 aliphatic carbocycles. The van der Waals surface area contributed by atoms with Crippen LogP contribution in [0.2, 0.25) is 0 Å². The van der Waals surface area contributed by atoms with E-state index >= 15 is 0 Å². The molecule has 0 saturated heterocycles.